The van der Waals surface area contributed by atoms with Gasteiger partial charge in [-0.1, -0.05) is 59.6 Å². The zero-order valence-corrected chi connectivity index (χ0v) is 13.3. The Morgan fingerprint density at radius 3 is 2.21 bits per heavy atom. The van der Waals surface area contributed by atoms with Crippen molar-refractivity contribution in [3.63, 3.8) is 0 Å². The van der Waals surface area contributed by atoms with Gasteiger partial charge in [0.15, 0.2) is 0 Å². The minimum Gasteiger partial charge on any atom is -0.494 e. The molecule has 1 nitrogen and oxygen atoms in total. The molecule has 0 bridgehead atoms. The smallest absolute Gasteiger partial charge is 0.119 e. The maximum absolute atomic E-state index is 5.74. The van der Waals surface area contributed by atoms with E-state index < -0.39 is 0 Å². The molecule has 0 radical (unpaired) electrons. The second-order valence-electron chi connectivity index (χ2n) is 6.79. The van der Waals surface area contributed by atoms with Crippen LogP contribution in [0.5, 0.6) is 5.75 Å². The SMILES string of the molecule is CCCCCOc1ccc(C(C)CC(C)(C)C)cc1. The summed E-state index contributed by atoms with van der Waals surface area (Å²) in [6, 6.07) is 8.65. The lowest BCUT2D eigenvalue weighted by atomic mass is 9.82. The molecular weight excluding hydrogens is 232 g/mol. The van der Waals surface area contributed by atoms with Gasteiger partial charge >= 0.3 is 0 Å². The van der Waals surface area contributed by atoms with Gasteiger partial charge in [0.25, 0.3) is 0 Å². The van der Waals surface area contributed by atoms with Gasteiger partial charge in [0.1, 0.15) is 5.75 Å². The van der Waals surface area contributed by atoms with Crippen molar-refractivity contribution in [2.24, 2.45) is 5.41 Å². The fraction of sp³-hybridized carbons (Fsp3) is 0.667. The van der Waals surface area contributed by atoms with Gasteiger partial charge in [0.05, 0.1) is 6.61 Å². The maximum atomic E-state index is 5.74. The largest absolute Gasteiger partial charge is 0.494 e. The Morgan fingerprint density at radius 1 is 1.05 bits per heavy atom. The molecule has 1 unspecified atom stereocenters. The van der Waals surface area contributed by atoms with Crippen molar-refractivity contribution < 1.29 is 4.74 Å². The fourth-order valence-corrected chi connectivity index (χ4v) is 2.47. The number of hydrogen-bond donors (Lipinski definition) is 0. The van der Waals surface area contributed by atoms with Crippen molar-refractivity contribution in [2.75, 3.05) is 6.61 Å². The Hall–Kier alpha value is -0.980. The van der Waals surface area contributed by atoms with Crippen LogP contribution in [-0.2, 0) is 0 Å². The van der Waals surface area contributed by atoms with Crippen LogP contribution in [0, 0.1) is 5.41 Å². The van der Waals surface area contributed by atoms with E-state index >= 15 is 0 Å². The Balaban J connectivity index is 2.47. The van der Waals surface area contributed by atoms with Gasteiger partial charge in [-0.15, -0.1) is 0 Å². The highest BCUT2D eigenvalue weighted by molar-refractivity contribution is 5.29. The monoisotopic (exact) mass is 262 g/mol. The molecule has 0 fully saturated rings. The van der Waals surface area contributed by atoms with E-state index in [9.17, 15) is 0 Å². The molecule has 0 aromatic heterocycles. The number of rotatable bonds is 7. The first-order valence-electron chi connectivity index (χ1n) is 7.65. The van der Waals surface area contributed by atoms with Gasteiger partial charge < -0.3 is 4.74 Å². The molecule has 19 heavy (non-hydrogen) atoms. The molecule has 0 N–H and O–H groups in total. The van der Waals surface area contributed by atoms with Crippen LogP contribution in [0.1, 0.15) is 71.8 Å². The van der Waals surface area contributed by atoms with Gasteiger partial charge in [-0.05, 0) is 41.9 Å². The molecular formula is C18H30O. The summed E-state index contributed by atoms with van der Waals surface area (Å²) in [5.74, 6) is 1.61. The van der Waals surface area contributed by atoms with E-state index in [-0.39, 0.29) is 0 Å². The van der Waals surface area contributed by atoms with Crippen LogP contribution in [0.25, 0.3) is 0 Å². The standard InChI is InChI=1S/C18H30O/c1-6-7-8-13-19-17-11-9-16(10-12-17)15(2)14-18(3,4)5/h9-12,15H,6-8,13-14H2,1-5H3. The van der Waals surface area contributed by atoms with Crippen LogP contribution in [0.2, 0.25) is 0 Å². The molecule has 0 heterocycles. The van der Waals surface area contributed by atoms with Crippen LogP contribution >= 0.6 is 0 Å². The second kappa shape index (κ2) is 7.57. The Kier molecular flexibility index (Phi) is 6.41. The molecule has 108 valence electrons. The van der Waals surface area contributed by atoms with Gasteiger partial charge in [0.2, 0.25) is 0 Å². The third-order valence-electron chi connectivity index (χ3n) is 3.38. The van der Waals surface area contributed by atoms with E-state index in [0.29, 0.717) is 11.3 Å². The van der Waals surface area contributed by atoms with Crippen molar-refractivity contribution >= 4 is 0 Å². The molecule has 1 atom stereocenters. The molecule has 1 aromatic carbocycles. The quantitative estimate of drug-likeness (QED) is 0.565. The van der Waals surface area contributed by atoms with E-state index in [1.165, 1.54) is 24.8 Å². The topological polar surface area (TPSA) is 9.23 Å². The Labute approximate surface area is 119 Å². The summed E-state index contributed by atoms with van der Waals surface area (Å²) in [6.45, 7) is 12.3. The first-order chi connectivity index (χ1) is 8.92. The lowest BCUT2D eigenvalue weighted by Crippen LogP contribution is -2.09. The van der Waals surface area contributed by atoms with Crippen LogP contribution < -0.4 is 4.74 Å². The number of ether oxygens (including phenoxy) is 1. The first kappa shape index (κ1) is 16.1. The molecule has 1 rings (SSSR count). The molecule has 1 heteroatoms. The highest BCUT2D eigenvalue weighted by Crippen LogP contribution is 2.31. The van der Waals surface area contributed by atoms with Crippen LogP contribution in [-0.4, -0.2) is 6.61 Å². The van der Waals surface area contributed by atoms with Crippen molar-refractivity contribution in [1.82, 2.24) is 0 Å². The third-order valence-corrected chi connectivity index (χ3v) is 3.38. The normalized spacial score (nSPS) is 13.3. The molecule has 0 saturated carbocycles. The summed E-state index contributed by atoms with van der Waals surface area (Å²) in [5, 5.41) is 0. The van der Waals surface area contributed by atoms with E-state index in [0.717, 1.165) is 18.8 Å². The molecule has 0 aliphatic heterocycles. The lowest BCUT2D eigenvalue weighted by molar-refractivity contribution is 0.306. The average Bonchev–Trinajstić information content (AvgIpc) is 2.33. The van der Waals surface area contributed by atoms with Crippen molar-refractivity contribution in [1.29, 1.82) is 0 Å². The van der Waals surface area contributed by atoms with Crippen molar-refractivity contribution in [3.8, 4) is 5.75 Å². The Bertz CT molecular complexity index is 345. The van der Waals surface area contributed by atoms with Gasteiger partial charge in [-0.3, -0.25) is 0 Å². The number of benzene rings is 1. The number of hydrogen-bond acceptors (Lipinski definition) is 1. The van der Waals surface area contributed by atoms with Gasteiger partial charge in [-0.2, -0.15) is 0 Å². The summed E-state index contributed by atoms with van der Waals surface area (Å²) in [4.78, 5) is 0. The summed E-state index contributed by atoms with van der Waals surface area (Å²) in [6.07, 6.45) is 4.86. The van der Waals surface area contributed by atoms with E-state index in [2.05, 4.69) is 58.9 Å². The highest BCUT2D eigenvalue weighted by atomic mass is 16.5. The predicted octanol–water partition coefficient (Wildman–Crippen LogP) is 5.80. The molecule has 0 amide bonds. The van der Waals surface area contributed by atoms with Crippen molar-refractivity contribution in [3.05, 3.63) is 29.8 Å². The summed E-state index contributed by atoms with van der Waals surface area (Å²) in [5.41, 5.74) is 1.80. The minimum atomic E-state index is 0.384. The molecule has 0 spiro atoms. The third kappa shape index (κ3) is 6.66. The van der Waals surface area contributed by atoms with Gasteiger partial charge in [-0.25, -0.2) is 0 Å². The van der Waals surface area contributed by atoms with E-state index in [1.54, 1.807) is 0 Å². The lowest BCUT2D eigenvalue weighted by Gasteiger charge is -2.23. The average molecular weight is 262 g/mol. The molecule has 0 saturated heterocycles. The molecule has 1 aromatic rings. The van der Waals surface area contributed by atoms with E-state index in [4.69, 9.17) is 4.74 Å². The molecule has 0 aliphatic carbocycles. The highest BCUT2D eigenvalue weighted by Gasteiger charge is 2.16. The summed E-state index contributed by atoms with van der Waals surface area (Å²) >= 11 is 0. The first-order valence-corrected chi connectivity index (χ1v) is 7.65. The minimum absolute atomic E-state index is 0.384. The summed E-state index contributed by atoms with van der Waals surface area (Å²) < 4.78 is 5.74. The zero-order valence-electron chi connectivity index (χ0n) is 13.3. The second-order valence-corrected chi connectivity index (χ2v) is 6.79. The van der Waals surface area contributed by atoms with Crippen molar-refractivity contribution in [2.45, 2.75) is 66.2 Å². The summed E-state index contributed by atoms with van der Waals surface area (Å²) in [7, 11) is 0. The number of unbranched alkanes of at least 4 members (excludes halogenated alkanes) is 2. The van der Waals surface area contributed by atoms with Crippen LogP contribution in [0.4, 0.5) is 0 Å². The molecule has 0 aliphatic rings. The maximum Gasteiger partial charge on any atom is 0.119 e. The van der Waals surface area contributed by atoms with Crippen LogP contribution in [0.3, 0.4) is 0 Å². The van der Waals surface area contributed by atoms with E-state index in [1.807, 2.05) is 0 Å². The predicted molar refractivity (Wildman–Crippen MR) is 83.9 cm³/mol. The fourth-order valence-electron chi connectivity index (χ4n) is 2.47. The zero-order chi connectivity index (χ0) is 14.3. The van der Waals surface area contributed by atoms with Crippen LogP contribution in [0.15, 0.2) is 24.3 Å². The Morgan fingerprint density at radius 2 is 1.68 bits per heavy atom. The van der Waals surface area contributed by atoms with Gasteiger partial charge in [0, 0.05) is 0 Å².